The third-order valence-corrected chi connectivity index (χ3v) is 3.70. The van der Waals surface area contributed by atoms with Crippen LogP contribution in [0.25, 0.3) is 0 Å². The number of carboxylic acids is 1. The van der Waals surface area contributed by atoms with E-state index in [-0.39, 0.29) is 39.0 Å². The van der Waals surface area contributed by atoms with Gasteiger partial charge in [0.2, 0.25) is 0 Å². The molecule has 0 rings (SSSR count). The molecule has 1 atom stereocenters. The smallest absolute Gasteiger partial charge is 0.323 e. The molecule has 0 unspecified atom stereocenters. The minimum Gasteiger partial charge on any atom is -0.481 e. The number of ether oxygens (including phenoxy) is 3. The van der Waals surface area contributed by atoms with Gasteiger partial charge in [-0.2, -0.15) is 0 Å². The van der Waals surface area contributed by atoms with E-state index in [2.05, 4.69) is 5.32 Å². The van der Waals surface area contributed by atoms with Gasteiger partial charge in [0.1, 0.15) is 22.8 Å². The Bertz CT molecular complexity index is 641. The largest absolute Gasteiger partial charge is 0.481 e. The first-order chi connectivity index (χ1) is 14.8. The van der Waals surface area contributed by atoms with E-state index in [0.717, 1.165) is 0 Å². The zero-order valence-corrected chi connectivity index (χ0v) is 21.6. The molecule has 0 heterocycles. The number of carboxylic acid groups (broad SMARTS) is 1. The van der Waals surface area contributed by atoms with Crippen LogP contribution in [-0.2, 0) is 33.4 Å². The molecule has 0 aliphatic carbocycles. The van der Waals surface area contributed by atoms with Crippen LogP contribution in [0.5, 0.6) is 0 Å². The van der Waals surface area contributed by atoms with Crippen LogP contribution in [0, 0.1) is 0 Å². The maximum Gasteiger partial charge on any atom is 0.323 e. The third-order valence-electron chi connectivity index (χ3n) is 3.70. The van der Waals surface area contributed by atoms with Crippen molar-refractivity contribution in [1.29, 1.82) is 0 Å². The second-order valence-corrected chi connectivity index (χ2v) is 10.9. The number of hydrogen-bond donors (Lipinski definition) is 2. The van der Waals surface area contributed by atoms with Crippen molar-refractivity contribution in [3.63, 3.8) is 0 Å². The van der Waals surface area contributed by atoms with Gasteiger partial charge in [0.25, 0.3) is 0 Å². The van der Waals surface area contributed by atoms with Crippen molar-refractivity contribution in [3.05, 3.63) is 0 Å². The van der Waals surface area contributed by atoms with Gasteiger partial charge in [-0.1, -0.05) is 0 Å². The normalized spacial score (nSPS) is 13.4. The van der Waals surface area contributed by atoms with Gasteiger partial charge in [0.05, 0.1) is 13.1 Å². The van der Waals surface area contributed by atoms with E-state index in [4.69, 9.17) is 19.3 Å². The van der Waals surface area contributed by atoms with Crippen LogP contribution in [0.4, 0.5) is 0 Å². The summed E-state index contributed by atoms with van der Waals surface area (Å²) in [6.45, 7) is 15.8. The number of hydrogen-bond acceptors (Lipinski definition) is 9. The Morgan fingerprint density at radius 2 is 1.21 bits per heavy atom. The lowest BCUT2D eigenvalue weighted by Gasteiger charge is -2.27. The van der Waals surface area contributed by atoms with Gasteiger partial charge in [-0.05, 0) is 68.7 Å². The molecule has 0 saturated carbocycles. The lowest BCUT2D eigenvalue weighted by molar-refractivity contribution is -0.161. The van der Waals surface area contributed by atoms with E-state index in [1.807, 2.05) is 0 Å². The molecule has 10 heteroatoms. The first-order valence-corrected chi connectivity index (χ1v) is 11.1. The van der Waals surface area contributed by atoms with Crippen LogP contribution < -0.4 is 5.32 Å². The second kappa shape index (κ2) is 12.9. The summed E-state index contributed by atoms with van der Waals surface area (Å²) in [6.07, 6.45) is -0.168. The summed E-state index contributed by atoms with van der Waals surface area (Å²) in [7, 11) is 0. The minimum absolute atomic E-state index is 0.0440. The Hall–Kier alpha value is -2.20. The fraction of sp³-hybridized carbons (Fsp3) is 0.826. The van der Waals surface area contributed by atoms with Crippen molar-refractivity contribution >= 4 is 23.9 Å². The summed E-state index contributed by atoms with van der Waals surface area (Å²) >= 11 is 0. The van der Waals surface area contributed by atoms with E-state index in [1.165, 1.54) is 0 Å². The van der Waals surface area contributed by atoms with Crippen LogP contribution in [0.3, 0.4) is 0 Å². The van der Waals surface area contributed by atoms with Gasteiger partial charge >= 0.3 is 23.9 Å². The summed E-state index contributed by atoms with van der Waals surface area (Å²) < 4.78 is 16.1. The highest BCUT2D eigenvalue weighted by atomic mass is 16.6. The molecule has 0 aliphatic rings. The SMILES string of the molecule is CC(C)(C)OC(=O)CN(CCN[C@@H](CCC(=O)O)C(=O)OC(C)(C)C)CC(=O)OC(C)(C)C. The molecule has 0 saturated heterocycles. The molecular formula is C23H42N2O8. The highest BCUT2D eigenvalue weighted by Crippen LogP contribution is 2.12. The lowest BCUT2D eigenvalue weighted by Crippen LogP contribution is -2.47. The van der Waals surface area contributed by atoms with Crippen LogP contribution >= 0.6 is 0 Å². The number of nitrogens with zero attached hydrogens (tertiary/aromatic N) is 1. The van der Waals surface area contributed by atoms with Gasteiger partial charge in [-0.15, -0.1) is 0 Å². The molecule has 0 radical (unpaired) electrons. The average molecular weight is 475 g/mol. The summed E-state index contributed by atoms with van der Waals surface area (Å²) in [4.78, 5) is 49.6. The summed E-state index contributed by atoms with van der Waals surface area (Å²) in [5.41, 5.74) is -2.07. The van der Waals surface area contributed by atoms with Crippen molar-refractivity contribution < 1.29 is 38.5 Å². The molecule has 0 fully saturated rings. The predicted octanol–water partition coefficient (Wildman–Crippen LogP) is 2.14. The van der Waals surface area contributed by atoms with Crippen LogP contribution in [0.15, 0.2) is 0 Å². The average Bonchev–Trinajstić information content (AvgIpc) is 2.51. The molecule has 0 aromatic rings. The first kappa shape index (κ1) is 30.8. The molecular weight excluding hydrogens is 432 g/mol. The molecule has 33 heavy (non-hydrogen) atoms. The monoisotopic (exact) mass is 474 g/mol. The molecule has 0 aromatic heterocycles. The van der Waals surface area contributed by atoms with E-state index < -0.39 is 46.7 Å². The van der Waals surface area contributed by atoms with Crippen molar-refractivity contribution in [2.75, 3.05) is 26.2 Å². The molecule has 0 aliphatic heterocycles. The highest BCUT2D eigenvalue weighted by Gasteiger charge is 2.27. The topological polar surface area (TPSA) is 131 Å². The van der Waals surface area contributed by atoms with Crippen LogP contribution in [0.1, 0.15) is 75.2 Å². The zero-order chi connectivity index (χ0) is 26.0. The summed E-state index contributed by atoms with van der Waals surface area (Å²) in [6, 6.07) is -0.842. The fourth-order valence-corrected chi connectivity index (χ4v) is 2.67. The maximum atomic E-state index is 12.5. The first-order valence-electron chi connectivity index (χ1n) is 11.1. The summed E-state index contributed by atoms with van der Waals surface area (Å²) in [5.74, 6) is -2.59. The number of nitrogens with one attached hydrogen (secondary N) is 1. The van der Waals surface area contributed by atoms with E-state index in [0.29, 0.717) is 0 Å². The maximum absolute atomic E-state index is 12.5. The van der Waals surface area contributed by atoms with Crippen LogP contribution in [0.2, 0.25) is 0 Å². The second-order valence-electron chi connectivity index (χ2n) is 10.9. The highest BCUT2D eigenvalue weighted by molar-refractivity contribution is 5.77. The van der Waals surface area contributed by atoms with Gasteiger partial charge in [-0.25, -0.2) is 0 Å². The predicted molar refractivity (Wildman–Crippen MR) is 123 cm³/mol. The number of aliphatic carboxylic acids is 1. The van der Waals surface area contributed by atoms with Crippen molar-refractivity contribution in [1.82, 2.24) is 10.2 Å². The molecule has 2 N–H and O–H groups in total. The molecule has 0 amide bonds. The lowest BCUT2D eigenvalue weighted by atomic mass is 10.1. The number of rotatable bonds is 12. The molecule has 0 spiro atoms. The number of esters is 3. The molecule has 192 valence electrons. The number of carbonyl (C=O) groups is 4. The Morgan fingerprint density at radius 1 is 0.788 bits per heavy atom. The Balaban J connectivity index is 5.19. The van der Waals surface area contributed by atoms with Gasteiger partial charge < -0.3 is 24.6 Å². The Labute approximate surface area is 197 Å². The Kier molecular flexibility index (Phi) is 12.0. The molecule has 10 nitrogen and oxygen atoms in total. The molecule has 0 bridgehead atoms. The third kappa shape index (κ3) is 18.0. The number of carbonyl (C=O) groups excluding carboxylic acids is 3. The van der Waals surface area contributed by atoms with Crippen molar-refractivity contribution in [3.8, 4) is 0 Å². The van der Waals surface area contributed by atoms with E-state index in [9.17, 15) is 19.2 Å². The van der Waals surface area contributed by atoms with Gasteiger partial charge in [0, 0.05) is 19.5 Å². The minimum atomic E-state index is -1.03. The Morgan fingerprint density at radius 3 is 1.58 bits per heavy atom. The van der Waals surface area contributed by atoms with Crippen molar-refractivity contribution in [2.45, 2.75) is 98.0 Å². The van der Waals surface area contributed by atoms with E-state index in [1.54, 1.807) is 67.2 Å². The molecule has 0 aromatic carbocycles. The van der Waals surface area contributed by atoms with Gasteiger partial charge in [-0.3, -0.25) is 24.1 Å². The van der Waals surface area contributed by atoms with Crippen LogP contribution in [-0.4, -0.2) is 82.9 Å². The van der Waals surface area contributed by atoms with Crippen molar-refractivity contribution in [2.24, 2.45) is 0 Å². The standard InChI is InChI=1S/C23H42N2O8/c1-21(2,3)31-18(28)14-25(15-19(29)32-22(4,5)6)13-12-24-16(10-11-17(26)27)20(30)33-23(7,8)9/h16,24H,10-15H2,1-9H3,(H,26,27)/t16-/m0/s1. The summed E-state index contributed by atoms with van der Waals surface area (Å²) in [5, 5.41) is 12.0. The van der Waals surface area contributed by atoms with Gasteiger partial charge in [0.15, 0.2) is 0 Å². The fourth-order valence-electron chi connectivity index (χ4n) is 2.67. The zero-order valence-electron chi connectivity index (χ0n) is 21.6. The van der Waals surface area contributed by atoms with E-state index >= 15 is 0 Å². The quantitative estimate of drug-likeness (QED) is 0.320.